The topological polar surface area (TPSA) is 66.9 Å². The first-order chi connectivity index (χ1) is 10.4. The van der Waals surface area contributed by atoms with Gasteiger partial charge in [0.2, 0.25) is 0 Å². The number of Topliss-reactive ketones (excluding diaryl/α,β-unsaturated/α-hetero) is 1. The molecule has 1 aromatic carbocycles. The van der Waals surface area contributed by atoms with Crippen LogP contribution in [-0.4, -0.2) is 56.9 Å². The van der Waals surface area contributed by atoms with Crippen LogP contribution in [0.25, 0.3) is 0 Å². The van der Waals surface area contributed by atoms with Gasteiger partial charge in [-0.1, -0.05) is 0 Å². The van der Waals surface area contributed by atoms with E-state index in [2.05, 4.69) is 4.74 Å². The molecule has 22 heavy (non-hydrogen) atoms. The molecule has 0 radical (unpaired) electrons. The van der Waals surface area contributed by atoms with Crippen LogP contribution < -0.4 is 4.90 Å². The Balaban J connectivity index is 2.12. The van der Waals surface area contributed by atoms with Gasteiger partial charge in [-0.3, -0.25) is 14.4 Å². The second-order valence-corrected chi connectivity index (χ2v) is 5.48. The number of methoxy groups -OCH3 is 1. The molecule has 0 saturated carbocycles. The van der Waals surface area contributed by atoms with Gasteiger partial charge >= 0.3 is 5.97 Å². The Bertz CT molecular complexity index is 572. The number of hydrogen-bond acceptors (Lipinski definition) is 5. The lowest BCUT2D eigenvalue weighted by Gasteiger charge is -2.30. The van der Waals surface area contributed by atoms with Crippen molar-refractivity contribution in [2.45, 2.75) is 6.42 Å². The fourth-order valence-electron chi connectivity index (χ4n) is 2.45. The molecule has 1 aliphatic rings. The van der Waals surface area contributed by atoms with Gasteiger partial charge in [0, 0.05) is 44.9 Å². The zero-order valence-corrected chi connectivity index (χ0v) is 13.0. The van der Waals surface area contributed by atoms with E-state index in [1.165, 1.54) is 12.0 Å². The molecular formula is C16H20N2O4. The molecule has 6 heteroatoms. The zero-order valence-electron chi connectivity index (χ0n) is 13.0. The van der Waals surface area contributed by atoms with E-state index in [-0.39, 0.29) is 24.7 Å². The summed E-state index contributed by atoms with van der Waals surface area (Å²) in [7, 11) is 5.10. The lowest BCUT2D eigenvalue weighted by molar-refractivity contribution is -0.151. The average Bonchev–Trinajstić information content (AvgIpc) is 2.54. The summed E-state index contributed by atoms with van der Waals surface area (Å²) < 4.78 is 4.63. The smallest absolute Gasteiger partial charge is 0.318 e. The number of ether oxygens (including phenoxy) is 1. The van der Waals surface area contributed by atoms with Crippen LogP contribution in [0.3, 0.4) is 0 Å². The number of esters is 1. The van der Waals surface area contributed by atoms with Gasteiger partial charge in [-0.25, -0.2) is 0 Å². The fraction of sp³-hybridized carbons (Fsp3) is 0.438. The van der Waals surface area contributed by atoms with Crippen LogP contribution in [0.15, 0.2) is 24.3 Å². The first-order valence-electron chi connectivity index (χ1n) is 7.11. The summed E-state index contributed by atoms with van der Waals surface area (Å²) in [5, 5.41) is 0. The summed E-state index contributed by atoms with van der Waals surface area (Å²) in [5.41, 5.74) is 1.54. The molecule has 0 aliphatic carbocycles. The summed E-state index contributed by atoms with van der Waals surface area (Å²) in [4.78, 5) is 39.4. The highest BCUT2D eigenvalue weighted by Gasteiger charge is 2.35. The molecule has 118 valence electrons. The molecule has 1 aliphatic heterocycles. The summed E-state index contributed by atoms with van der Waals surface area (Å²) in [6, 6.07) is 7.22. The molecule has 2 rings (SSSR count). The number of carbonyl (C=O) groups excluding carboxylic acids is 3. The molecule has 6 nitrogen and oxygen atoms in total. The minimum Gasteiger partial charge on any atom is -0.468 e. The molecule has 1 heterocycles. The van der Waals surface area contributed by atoms with Crippen LogP contribution in [-0.2, 0) is 14.3 Å². The Morgan fingerprint density at radius 3 is 2.41 bits per heavy atom. The largest absolute Gasteiger partial charge is 0.468 e. The SMILES string of the molecule is COC(=O)C1CN(C(=O)c2ccc(N(C)C)cc2)CCC1=O. The maximum Gasteiger partial charge on any atom is 0.318 e. The second kappa shape index (κ2) is 6.60. The Hall–Kier alpha value is -2.37. The number of nitrogens with zero attached hydrogens (tertiary/aromatic N) is 2. The molecule has 1 unspecified atom stereocenters. The molecule has 1 aromatic rings. The molecule has 0 N–H and O–H groups in total. The van der Waals surface area contributed by atoms with Gasteiger partial charge in [0.15, 0.2) is 5.78 Å². The van der Waals surface area contributed by atoms with E-state index in [9.17, 15) is 14.4 Å². The Morgan fingerprint density at radius 1 is 1.23 bits per heavy atom. The Labute approximate surface area is 129 Å². The van der Waals surface area contributed by atoms with E-state index in [1.807, 2.05) is 31.1 Å². The van der Waals surface area contributed by atoms with Crippen molar-refractivity contribution < 1.29 is 19.1 Å². The summed E-state index contributed by atoms with van der Waals surface area (Å²) >= 11 is 0. The van der Waals surface area contributed by atoms with Crippen LogP contribution in [0.2, 0.25) is 0 Å². The maximum absolute atomic E-state index is 12.5. The van der Waals surface area contributed by atoms with Gasteiger partial charge in [0.25, 0.3) is 5.91 Å². The van der Waals surface area contributed by atoms with Crippen molar-refractivity contribution in [2.24, 2.45) is 5.92 Å². The fourth-order valence-corrected chi connectivity index (χ4v) is 2.45. The summed E-state index contributed by atoms with van der Waals surface area (Å²) in [6.45, 7) is 0.417. The van der Waals surface area contributed by atoms with Crippen molar-refractivity contribution >= 4 is 23.3 Å². The molecule has 1 saturated heterocycles. The quantitative estimate of drug-likeness (QED) is 0.614. The third kappa shape index (κ3) is 3.27. The van der Waals surface area contributed by atoms with Crippen molar-refractivity contribution in [1.29, 1.82) is 0 Å². The number of carbonyl (C=O) groups is 3. The normalized spacial score (nSPS) is 18.0. The second-order valence-electron chi connectivity index (χ2n) is 5.48. The number of hydrogen-bond donors (Lipinski definition) is 0. The van der Waals surface area contributed by atoms with Crippen molar-refractivity contribution in [3.63, 3.8) is 0 Å². The van der Waals surface area contributed by atoms with Crippen molar-refractivity contribution in [2.75, 3.05) is 39.2 Å². The highest BCUT2D eigenvalue weighted by molar-refractivity contribution is 6.02. The summed E-state index contributed by atoms with van der Waals surface area (Å²) in [6.07, 6.45) is 0.182. The third-order valence-corrected chi connectivity index (χ3v) is 3.82. The van der Waals surface area contributed by atoms with E-state index >= 15 is 0 Å². The number of rotatable bonds is 3. The van der Waals surface area contributed by atoms with Gasteiger partial charge in [-0.05, 0) is 24.3 Å². The minimum atomic E-state index is -0.872. The van der Waals surface area contributed by atoms with Crippen LogP contribution >= 0.6 is 0 Å². The highest BCUT2D eigenvalue weighted by Crippen LogP contribution is 2.19. The molecule has 0 bridgehead atoms. The standard InChI is InChI=1S/C16H20N2O4/c1-17(2)12-6-4-11(5-7-12)15(20)18-9-8-14(19)13(10-18)16(21)22-3/h4-7,13H,8-10H2,1-3H3. The first kappa shape index (κ1) is 16.0. The number of anilines is 1. The number of likely N-dealkylation sites (tertiary alicyclic amines) is 1. The molecular weight excluding hydrogens is 284 g/mol. The van der Waals surface area contributed by atoms with Crippen molar-refractivity contribution in [1.82, 2.24) is 4.90 Å². The molecule has 1 atom stereocenters. The van der Waals surface area contributed by atoms with Gasteiger partial charge in [-0.15, -0.1) is 0 Å². The van der Waals surface area contributed by atoms with Gasteiger partial charge in [-0.2, -0.15) is 0 Å². The van der Waals surface area contributed by atoms with E-state index in [0.29, 0.717) is 12.1 Å². The van der Waals surface area contributed by atoms with Crippen LogP contribution in [0, 0.1) is 5.92 Å². The number of benzene rings is 1. The number of piperidine rings is 1. The Morgan fingerprint density at radius 2 is 1.86 bits per heavy atom. The lowest BCUT2D eigenvalue weighted by Crippen LogP contribution is -2.47. The van der Waals surface area contributed by atoms with E-state index in [0.717, 1.165) is 5.69 Å². The average molecular weight is 304 g/mol. The van der Waals surface area contributed by atoms with E-state index < -0.39 is 11.9 Å². The maximum atomic E-state index is 12.5. The summed E-state index contributed by atoms with van der Waals surface area (Å²) in [5.74, 6) is -1.79. The van der Waals surface area contributed by atoms with Crippen LogP contribution in [0.1, 0.15) is 16.8 Å². The Kier molecular flexibility index (Phi) is 4.80. The van der Waals surface area contributed by atoms with Gasteiger partial charge in [0.05, 0.1) is 7.11 Å². The van der Waals surface area contributed by atoms with Crippen LogP contribution in [0.5, 0.6) is 0 Å². The minimum absolute atomic E-state index is 0.0831. The van der Waals surface area contributed by atoms with E-state index in [1.54, 1.807) is 12.1 Å². The molecule has 1 fully saturated rings. The first-order valence-corrected chi connectivity index (χ1v) is 7.11. The zero-order chi connectivity index (χ0) is 16.3. The van der Waals surface area contributed by atoms with Gasteiger partial charge < -0.3 is 14.5 Å². The predicted octanol–water partition coefficient (Wildman–Crippen LogP) is 0.957. The van der Waals surface area contributed by atoms with Gasteiger partial charge in [0.1, 0.15) is 5.92 Å². The van der Waals surface area contributed by atoms with E-state index in [4.69, 9.17) is 0 Å². The number of ketones is 1. The molecule has 1 amide bonds. The van der Waals surface area contributed by atoms with Crippen molar-refractivity contribution in [3.05, 3.63) is 29.8 Å². The molecule has 0 aromatic heterocycles. The lowest BCUT2D eigenvalue weighted by atomic mass is 9.96. The van der Waals surface area contributed by atoms with Crippen molar-refractivity contribution in [3.8, 4) is 0 Å². The monoisotopic (exact) mass is 304 g/mol. The third-order valence-electron chi connectivity index (χ3n) is 3.82. The number of amides is 1. The van der Waals surface area contributed by atoms with Crippen LogP contribution in [0.4, 0.5) is 5.69 Å². The predicted molar refractivity (Wildman–Crippen MR) is 81.8 cm³/mol. The molecule has 0 spiro atoms. The highest BCUT2D eigenvalue weighted by atomic mass is 16.5.